The van der Waals surface area contributed by atoms with Gasteiger partial charge >= 0.3 is 0 Å². The Kier molecular flexibility index (Phi) is 12.0. The molecule has 1 aliphatic rings. The third-order valence-electron chi connectivity index (χ3n) is 9.64. The van der Waals surface area contributed by atoms with Gasteiger partial charge in [-0.05, 0) is 62.3 Å². The number of aliphatic hydroxyl groups excluding tert-OH is 1. The number of ketones is 1. The van der Waals surface area contributed by atoms with E-state index in [0.717, 1.165) is 83.2 Å². The molecule has 0 bridgehead atoms. The molecule has 1 aliphatic carbocycles. The van der Waals surface area contributed by atoms with E-state index in [2.05, 4.69) is 77.8 Å². The Morgan fingerprint density at radius 2 is 1.55 bits per heavy atom. The van der Waals surface area contributed by atoms with Gasteiger partial charge in [0.25, 0.3) is 0 Å². The summed E-state index contributed by atoms with van der Waals surface area (Å²) in [5.41, 5.74) is 8.55. The number of allylic oxidation sites excluding steroid dienone is 2. The topological polar surface area (TPSA) is 76.2 Å². The van der Waals surface area contributed by atoms with Crippen LogP contribution in [0.1, 0.15) is 64.6 Å². The molecule has 49 heavy (non-hydrogen) atoms. The van der Waals surface area contributed by atoms with Crippen molar-refractivity contribution in [3.63, 3.8) is 0 Å². The van der Waals surface area contributed by atoms with Gasteiger partial charge in [-0.15, -0.1) is 23.6 Å². The summed E-state index contributed by atoms with van der Waals surface area (Å²) in [4.78, 5) is 21.1. The van der Waals surface area contributed by atoms with E-state index < -0.39 is 0 Å². The van der Waals surface area contributed by atoms with Crippen LogP contribution in [-0.2, 0) is 37.7 Å². The number of hydrogen-bond acceptors (Lipinski definition) is 5. The number of furan rings is 1. The standard InChI is InChI=1S/C30H19N2O.C13H24O2.Ir/c1-2-7-19(8-3-1)25-18-21(17-20-9-4-5-10-22(20)25)29-28-24-12-13-26-23(11-6-15-31-26)30(24)33-27(28)14-16-32-29;1-5-10(6-2)12(14)9-13(15)11(7-3)8-4;/h1-11,14-16,18H,12-13H2;9-11,14H,5-8H2,1-4H3;/q-1;;/b;12-9-;. The van der Waals surface area contributed by atoms with Gasteiger partial charge in [-0.25, -0.2) is 0 Å². The molecule has 7 rings (SSSR count). The second-order valence-electron chi connectivity index (χ2n) is 12.4. The maximum Gasteiger partial charge on any atom is 0.162 e. The predicted octanol–water partition coefficient (Wildman–Crippen LogP) is 11.1. The van der Waals surface area contributed by atoms with Crippen LogP contribution in [0.3, 0.4) is 0 Å². The Morgan fingerprint density at radius 1 is 0.837 bits per heavy atom. The monoisotopic (exact) mass is 828 g/mol. The first kappa shape index (κ1) is 35.9. The minimum absolute atomic E-state index is 0. The molecule has 0 aliphatic heterocycles. The minimum Gasteiger partial charge on any atom is -0.512 e. The summed E-state index contributed by atoms with van der Waals surface area (Å²) in [6.07, 6.45) is 10.4. The van der Waals surface area contributed by atoms with E-state index in [4.69, 9.17) is 9.40 Å². The van der Waals surface area contributed by atoms with Crippen molar-refractivity contribution < 1.29 is 34.4 Å². The molecule has 0 saturated heterocycles. The Balaban J connectivity index is 0.000000252. The predicted molar refractivity (Wildman–Crippen MR) is 196 cm³/mol. The van der Waals surface area contributed by atoms with E-state index in [9.17, 15) is 9.90 Å². The molecule has 1 radical (unpaired) electrons. The van der Waals surface area contributed by atoms with Gasteiger partial charge in [-0.3, -0.25) is 14.8 Å². The Labute approximate surface area is 302 Å². The van der Waals surface area contributed by atoms with Crippen LogP contribution in [0.15, 0.2) is 108 Å². The number of carbonyl (C=O) groups excluding carboxylic acids is 1. The van der Waals surface area contributed by atoms with Crippen LogP contribution in [0.4, 0.5) is 0 Å². The molecule has 0 unspecified atom stereocenters. The molecule has 0 atom stereocenters. The van der Waals surface area contributed by atoms with E-state index in [1.165, 1.54) is 28.2 Å². The molecule has 0 spiro atoms. The fourth-order valence-electron chi connectivity index (χ4n) is 6.85. The van der Waals surface area contributed by atoms with Gasteiger partial charge in [0.2, 0.25) is 0 Å². The number of aryl methyl sites for hydroxylation is 2. The number of rotatable bonds is 9. The summed E-state index contributed by atoms with van der Waals surface area (Å²) in [5.74, 6) is 1.48. The average Bonchev–Trinajstić information content (AvgIpc) is 3.52. The van der Waals surface area contributed by atoms with Crippen LogP contribution in [-0.4, -0.2) is 20.9 Å². The quantitative estimate of drug-likeness (QED) is 0.0892. The number of benzene rings is 3. The average molecular weight is 828 g/mol. The summed E-state index contributed by atoms with van der Waals surface area (Å²) in [7, 11) is 0. The molecular weight excluding hydrogens is 785 g/mol. The first-order valence-electron chi connectivity index (χ1n) is 17.3. The van der Waals surface area contributed by atoms with Gasteiger partial charge in [0, 0.05) is 72.6 Å². The molecule has 1 N–H and O–H groups in total. The zero-order valence-electron chi connectivity index (χ0n) is 28.6. The van der Waals surface area contributed by atoms with Crippen LogP contribution in [0.2, 0.25) is 0 Å². The van der Waals surface area contributed by atoms with Gasteiger partial charge in [-0.2, -0.15) is 0 Å². The van der Waals surface area contributed by atoms with E-state index >= 15 is 0 Å². The van der Waals surface area contributed by atoms with Crippen molar-refractivity contribution in [1.82, 2.24) is 9.97 Å². The molecule has 253 valence electrons. The van der Waals surface area contributed by atoms with Crippen molar-refractivity contribution in [2.45, 2.75) is 66.2 Å². The molecule has 5 nitrogen and oxygen atoms in total. The maximum absolute atomic E-state index is 11.7. The minimum atomic E-state index is 0. The van der Waals surface area contributed by atoms with Crippen molar-refractivity contribution in [3.05, 3.63) is 120 Å². The number of carbonyl (C=O) groups is 1. The van der Waals surface area contributed by atoms with Gasteiger partial charge in [0.1, 0.15) is 11.3 Å². The number of hydrogen-bond donors (Lipinski definition) is 1. The number of aromatic nitrogens is 2. The zero-order chi connectivity index (χ0) is 33.6. The molecule has 3 aromatic carbocycles. The second-order valence-corrected chi connectivity index (χ2v) is 12.4. The fourth-order valence-corrected chi connectivity index (χ4v) is 6.85. The summed E-state index contributed by atoms with van der Waals surface area (Å²) in [6, 6.07) is 30.9. The van der Waals surface area contributed by atoms with Crippen LogP contribution in [0.5, 0.6) is 0 Å². The number of pyridine rings is 2. The number of aliphatic hydroxyl groups is 1. The molecule has 0 saturated carbocycles. The maximum atomic E-state index is 11.7. The van der Waals surface area contributed by atoms with Crippen molar-refractivity contribution in [3.8, 4) is 33.7 Å². The second kappa shape index (κ2) is 16.3. The summed E-state index contributed by atoms with van der Waals surface area (Å²) < 4.78 is 6.39. The molecule has 3 heterocycles. The Hall–Kier alpha value is -4.38. The van der Waals surface area contributed by atoms with E-state index in [1.807, 2.05) is 52.2 Å². The Bertz CT molecular complexity index is 2070. The summed E-state index contributed by atoms with van der Waals surface area (Å²) in [5, 5.41) is 13.1. The zero-order valence-corrected chi connectivity index (χ0v) is 31.0. The van der Waals surface area contributed by atoms with Crippen LogP contribution in [0.25, 0.3) is 55.4 Å². The first-order chi connectivity index (χ1) is 23.5. The summed E-state index contributed by atoms with van der Waals surface area (Å²) in [6.45, 7) is 8.07. The van der Waals surface area contributed by atoms with Crippen molar-refractivity contribution >= 4 is 27.5 Å². The number of fused-ring (bicyclic) bond motifs is 6. The first-order valence-corrected chi connectivity index (χ1v) is 17.3. The molecule has 6 aromatic rings. The van der Waals surface area contributed by atoms with Crippen molar-refractivity contribution in [2.24, 2.45) is 11.8 Å². The largest absolute Gasteiger partial charge is 0.512 e. The van der Waals surface area contributed by atoms with Gasteiger partial charge in [0.05, 0.1) is 11.5 Å². The smallest absolute Gasteiger partial charge is 0.162 e. The molecule has 0 fully saturated rings. The van der Waals surface area contributed by atoms with E-state index in [0.29, 0.717) is 0 Å². The number of nitrogens with zero attached hydrogens (tertiary/aromatic N) is 2. The Morgan fingerprint density at radius 3 is 2.29 bits per heavy atom. The van der Waals surface area contributed by atoms with Gasteiger partial charge in [0.15, 0.2) is 5.78 Å². The normalized spacial score (nSPS) is 12.3. The van der Waals surface area contributed by atoms with Crippen LogP contribution < -0.4 is 0 Å². The van der Waals surface area contributed by atoms with Crippen LogP contribution >= 0.6 is 0 Å². The SMILES string of the molecule is CCC(CC)C(=O)/C=C(\O)C(CC)CC.[Ir].[c-]1c(-c2nccc3oc4c(c23)CCc2ncccc2-4)cc(-c2ccccc2)c2ccccc12. The molecule has 0 amide bonds. The third-order valence-corrected chi connectivity index (χ3v) is 9.64. The molecule has 3 aromatic heterocycles. The summed E-state index contributed by atoms with van der Waals surface area (Å²) >= 11 is 0. The van der Waals surface area contributed by atoms with Crippen molar-refractivity contribution in [2.75, 3.05) is 0 Å². The van der Waals surface area contributed by atoms with Crippen LogP contribution in [0, 0.1) is 17.9 Å². The van der Waals surface area contributed by atoms with Gasteiger partial charge < -0.3 is 9.52 Å². The molecule has 6 heteroatoms. The van der Waals surface area contributed by atoms with E-state index in [-0.39, 0.29) is 43.5 Å². The van der Waals surface area contributed by atoms with Gasteiger partial charge in [-0.1, -0.05) is 92.7 Å². The van der Waals surface area contributed by atoms with Crippen molar-refractivity contribution in [1.29, 1.82) is 0 Å². The third kappa shape index (κ3) is 7.46. The van der Waals surface area contributed by atoms with E-state index in [1.54, 1.807) is 0 Å². The fraction of sp³-hybridized carbons (Fsp3) is 0.279. The molecular formula is C43H43IrN2O3-.